The predicted molar refractivity (Wildman–Crippen MR) is 72.3 cm³/mol. The third-order valence-electron chi connectivity index (χ3n) is 3.51. The summed E-state index contributed by atoms with van der Waals surface area (Å²) in [5.41, 5.74) is 0.165. The van der Waals surface area contributed by atoms with Gasteiger partial charge in [0.2, 0.25) is 0 Å². The van der Waals surface area contributed by atoms with Crippen LogP contribution in [0.1, 0.15) is 27.2 Å². The highest BCUT2D eigenvalue weighted by Gasteiger charge is 2.49. The molecule has 0 saturated carbocycles. The van der Waals surface area contributed by atoms with E-state index in [9.17, 15) is 0 Å². The summed E-state index contributed by atoms with van der Waals surface area (Å²) in [4.78, 5) is 0. The second-order valence-corrected chi connectivity index (χ2v) is 21.2. The fourth-order valence-electron chi connectivity index (χ4n) is 1.79. The molecule has 0 aromatic heterocycles. The van der Waals surface area contributed by atoms with Crippen molar-refractivity contribution in [3.8, 4) is 0 Å². The zero-order valence-electron chi connectivity index (χ0n) is 11.5. The minimum Gasteiger partial charge on any atom is -0.415 e. The largest absolute Gasteiger partial charge is 0.415 e. The normalized spacial score (nSPS) is 26.4. The van der Waals surface area contributed by atoms with Crippen LogP contribution in [0.15, 0.2) is 0 Å². The van der Waals surface area contributed by atoms with E-state index in [0.29, 0.717) is 0 Å². The molecular weight excluding hydrogens is 220 g/mol. The van der Waals surface area contributed by atoms with E-state index >= 15 is 0 Å². The maximum atomic E-state index is 7.57. The Balaban J connectivity index is 0.000000583. The number of hydrogen-bond acceptors (Lipinski definition) is 2. The first-order valence-corrected chi connectivity index (χ1v) is 13.0. The molecule has 2 nitrogen and oxygen atoms in total. The molecule has 1 fully saturated rings. The van der Waals surface area contributed by atoms with Crippen LogP contribution in [-0.2, 0) is 4.43 Å². The Kier molecular flexibility index (Phi) is 5.24. The Labute approximate surface area is 97.0 Å². The van der Waals surface area contributed by atoms with Crippen molar-refractivity contribution in [1.29, 1.82) is 0 Å². The third kappa shape index (κ3) is 4.38. The molecule has 0 spiro atoms. The van der Waals surface area contributed by atoms with Crippen molar-refractivity contribution < 1.29 is 9.53 Å². The van der Waals surface area contributed by atoms with Crippen molar-refractivity contribution in [1.82, 2.24) is 0 Å². The lowest BCUT2D eigenvalue weighted by Gasteiger charge is -2.49. The lowest BCUT2D eigenvalue weighted by molar-refractivity contribution is 0.0933. The standard InChI is InChI=1S/C9H22OSi2.C2H6O/c1-9(2)7-8-11(3,4)12(5,6)10-9;1-2-3/h7-8H2,1-6H3;3H,2H2,1H3. The molecule has 0 unspecified atom stereocenters. The first kappa shape index (κ1) is 15.4. The summed E-state index contributed by atoms with van der Waals surface area (Å²) in [7, 11) is -2.30. The second kappa shape index (κ2) is 5.12. The Morgan fingerprint density at radius 2 is 1.60 bits per heavy atom. The molecule has 1 aliphatic heterocycles. The Morgan fingerprint density at radius 1 is 1.20 bits per heavy atom. The average molecular weight is 249 g/mol. The van der Waals surface area contributed by atoms with Gasteiger partial charge in [0.1, 0.15) is 0 Å². The predicted octanol–water partition coefficient (Wildman–Crippen LogP) is 3.18. The molecule has 1 heterocycles. The number of rotatable bonds is 0. The van der Waals surface area contributed by atoms with Gasteiger partial charge in [-0.1, -0.05) is 19.1 Å². The fraction of sp³-hybridized carbons (Fsp3) is 1.00. The molecule has 0 aromatic rings. The topological polar surface area (TPSA) is 29.5 Å². The lowest BCUT2D eigenvalue weighted by Crippen LogP contribution is -2.63. The van der Waals surface area contributed by atoms with E-state index in [-0.39, 0.29) is 12.2 Å². The SMILES string of the molecule is CC1(C)CC[Si](C)(C)[Si](C)(C)O1.CCO. The van der Waals surface area contributed by atoms with Gasteiger partial charge in [0.05, 0.1) is 13.2 Å². The van der Waals surface area contributed by atoms with E-state index in [4.69, 9.17) is 9.53 Å². The first-order chi connectivity index (χ1) is 6.58. The zero-order chi connectivity index (χ0) is 12.3. The number of aliphatic hydroxyl groups is 1. The van der Waals surface area contributed by atoms with Crippen LogP contribution < -0.4 is 0 Å². The monoisotopic (exact) mass is 248 g/mol. The van der Waals surface area contributed by atoms with Crippen LogP contribution in [0.2, 0.25) is 32.2 Å². The van der Waals surface area contributed by atoms with E-state index in [1.54, 1.807) is 6.92 Å². The molecule has 0 atom stereocenters. The van der Waals surface area contributed by atoms with Crippen molar-refractivity contribution in [2.45, 2.75) is 65.0 Å². The Morgan fingerprint density at radius 3 is 1.87 bits per heavy atom. The highest BCUT2D eigenvalue weighted by atomic mass is 29.3. The maximum absolute atomic E-state index is 7.57. The van der Waals surface area contributed by atoms with Crippen molar-refractivity contribution >= 4 is 15.4 Å². The van der Waals surface area contributed by atoms with E-state index < -0.39 is 15.4 Å². The maximum Gasteiger partial charge on any atom is 0.174 e. The molecule has 1 rings (SSSR count). The Hall–Kier alpha value is 0.354. The van der Waals surface area contributed by atoms with Gasteiger partial charge in [-0.25, -0.2) is 0 Å². The van der Waals surface area contributed by atoms with E-state index in [1.807, 2.05) is 0 Å². The average Bonchev–Trinajstić information content (AvgIpc) is 1.98. The highest BCUT2D eigenvalue weighted by Crippen LogP contribution is 2.38. The number of aliphatic hydroxyl groups excluding tert-OH is 1. The molecule has 15 heavy (non-hydrogen) atoms. The van der Waals surface area contributed by atoms with Crippen LogP contribution in [0, 0.1) is 0 Å². The summed E-state index contributed by atoms with van der Waals surface area (Å²) in [6.07, 6.45) is 1.27. The molecule has 0 aromatic carbocycles. The van der Waals surface area contributed by atoms with Crippen molar-refractivity contribution in [3.05, 3.63) is 0 Å². The molecule has 0 bridgehead atoms. The van der Waals surface area contributed by atoms with E-state index in [0.717, 1.165) is 0 Å². The van der Waals surface area contributed by atoms with Crippen LogP contribution >= 0.6 is 0 Å². The van der Waals surface area contributed by atoms with Crippen LogP contribution in [0.3, 0.4) is 0 Å². The van der Waals surface area contributed by atoms with Crippen LogP contribution in [0.5, 0.6) is 0 Å². The van der Waals surface area contributed by atoms with Gasteiger partial charge in [-0.3, -0.25) is 0 Å². The fourth-order valence-corrected chi connectivity index (χ4v) is 9.22. The van der Waals surface area contributed by atoms with Crippen LogP contribution in [0.4, 0.5) is 0 Å². The van der Waals surface area contributed by atoms with Gasteiger partial charge in [0.25, 0.3) is 0 Å². The Bertz CT molecular complexity index is 201. The van der Waals surface area contributed by atoms with Crippen LogP contribution in [0.25, 0.3) is 0 Å². The van der Waals surface area contributed by atoms with Gasteiger partial charge in [-0.15, -0.1) is 0 Å². The van der Waals surface area contributed by atoms with Crippen molar-refractivity contribution in [2.24, 2.45) is 0 Å². The third-order valence-corrected chi connectivity index (χ3v) is 20.2. The van der Waals surface area contributed by atoms with E-state index in [1.165, 1.54) is 12.5 Å². The van der Waals surface area contributed by atoms with Gasteiger partial charge >= 0.3 is 0 Å². The molecular formula is C11H28O2Si2. The summed E-state index contributed by atoms with van der Waals surface area (Å²) >= 11 is 0. The molecule has 1 saturated heterocycles. The summed E-state index contributed by atoms with van der Waals surface area (Å²) in [6.45, 7) is 16.2. The molecule has 0 radical (unpaired) electrons. The molecule has 0 aliphatic carbocycles. The second-order valence-electron chi connectivity index (χ2n) is 6.07. The molecule has 1 aliphatic rings. The van der Waals surface area contributed by atoms with Gasteiger partial charge in [-0.05, 0) is 40.3 Å². The lowest BCUT2D eigenvalue weighted by atomic mass is 10.1. The summed E-state index contributed by atoms with van der Waals surface area (Å²) in [6, 6.07) is 1.46. The zero-order valence-corrected chi connectivity index (χ0v) is 13.5. The number of hydrogen-bond donors (Lipinski definition) is 1. The van der Waals surface area contributed by atoms with Gasteiger partial charge in [0, 0.05) is 6.61 Å². The van der Waals surface area contributed by atoms with Gasteiger partial charge in [-0.2, -0.15) is 0 Å². The minimum absolute atomic E-state index is 0.165. The van der Waals surface area contributed by atoms with E-state index in [2.05, 4.69) is 40.0 Å². The summed E-state index contributed by atoms with van der Waals surface area (Å²) in [5, 5.41) is 7.57. The summed E-state index contributed by atoms with van der Waals surface area (Å²) < 4.78 is 6.28. The minimum atomic E-state index is -1.31. The molecule has 0 amide bonds. The summed E-state index contributed by atoms with van der Waals surface area (Å²) in [5.74, 6) is 0. The smallest absolute Gasteiger partial charge is 0.174 e. The van der Waals surface area contributed by atoms with Crippen LogP contribution in [-0.4, -0.2) is 32.7 Å². The highest BCUT2D eigenvalue weighted by molar-refractivity contribution is 7.38. The van der Waals surface area contributed by atoms with Crippen molar-refractivity contribution in [3.63, 3.8) is 0 Å². The van der Waals surface area contributed by atoms with Crippen molar-refractivity contribution in [2.75, 3.05) is 6.61 Å². The first-order valence-electron chi connectivity index (χ1n) is 5.89. The molecule has 1 N–H and O–H groups in total. The molecule has 4 heteroatoms. The van der Waals surface area contributed by atoms with Gasteiger partial charge < -0.3 is 9.53 Å². The van der Waals surface area contributed by atoms with Gasteiger partial charge in [0.15, 0.2) is 7.83 Å². The quantitative estimate of drug-likeness (QED) is 0.667. The molecule has 92 valence electrons.